The predicted octanol–water partition coefficient (Wildman–Crippen LogP) is 2.05. The number of amides is 1. The number of halogens is 1. The van der Waals surface area contributed by atoms with Crippen LogP contribution in [0.3, 0.4) is 0 Å². The number of nitrogens with two attached hydrogens (primary N) is 1. The van der Waals surface area contributed by atoms with Crippen molar-refractivity contribution in [1.29, 1.82) is 0 Å². The second kappa shape index (κ2) is 6.53. The fraction of sp³-hybridized carbons (Fsp3) is 0.471. The fourth-order valence-electron chi connectivity index (χ4n) is 3.16. The molecule has 0 radical (unpaired) electrons. The highest BCUT2D eigenvalue weighted by Gasteiger charge is 2.36. The van der Waals surface area contributed by atoms with Crippen LogP contribution in [0.5, 0.6) is 0 Å². The number of hydrogen-bond acceptors (Lipinski definition) is 4. The number of likely N-dealkylation sites (tertiary alicyclic amines) is 1. The molecule has 1 saturated carbocycles. The van der Waals surface area contributed by atoms with Gasteiger partial charge in [-0.2, -0.15) is 0 Å². The maximum Gasteiger partial charge on any atom is 0.276 e. The fourth-order valence-corrected chi connectivity index (χ4v) is 3.16. The Morgan fingerprint density at radius 3 is 2.50 bits per heavy atom. The van der Waals surface area contributed by atoms with Gasteiger partial charge in [-0.15, -0.1) is 17.5 Å². The molecule has 1 aliphatic carbocycles. The lowest BCUT2D eigenvalue weighted by Crippen LogP contribution is -2.32. The summed E-state index contributed by atoms with van der Waals surface area (Å²) < 4.78 is 1.83. The molecular formula is C17H22ClN5O. The maximum atomic E-state index is 12.8. The summed E-state index contributed by atoms with van der Waals surface area (Å²) in [6.07, 6.45) is 3.05. The average Bonchev–Trinajstić information content (AvgIpc) is 3.14. The Balaban J connectivity index is 0.00000169. The molecule has 0 bridgehead atoms. The first-order valence-corrected chi connectivity index (χ1v) is 8.21. The van der Waals surface area contributed by atoms with Crippen molar-refractivity contribution in [1.82, 2.24) is 19.9 Å². The Morgan fingerprint density at radius 2 is 1.92 bits per heavy atom. The lowest BCUT2D eigenvalue weighted by molar-refractivity contribution is 0.0783. The van der Waals surface area contributed by atoms with E-state index in [2.05, 4.69) is 29.4 Å². The molecule has 24 heavy (non-hydrogen) atoms. The Labute approximate surface area is 147 Å². The summed E-state index contributed by atoms with van der Waals surface area (Å²) in [6, 6.07) is 8.23. The van der Waals surface area contributed by atoms with E-state index in [0.29, 0.717) is 24.7 Å². The van der Waals surface area contributed by atoms with Gasteiger partial charge < -0.3 is 10.6 Å². The first-order valence-electron chi connectivity index (χ1n) is 8.21. The predicted molar refractivity (Wildman–Crippen MR) is 93.8 cm³/mol. The van der Waals surface area contributed by atoms with Crippen molar-refractivity contribution in [3.05, 3.63) is 41.2 Å². The molecule has 2 heterocycles. The van der Waals surface area contributed by atoms with Gasteiger partial charge in [-0.1, -0.05) is 22.9 Å². The van der Waals surface area contributed by atoms with Crippen LogP contribution in [0.2, 0.25) is 0 Å². The normalized spacial score (nSPS) is 20.1. The van der Waals surface area contributed by atoms with Crippen molar-refractivity contribution >= 4 is 18.3 Å². The van der Waals surface area contributed by atoms with Gasteiger partial charge in [-0.05, 0) is 38.3 Å². The van der Waals surface area contributed by atoms with Crippen molar-refractivity contribution in [3.8, 4) is 5.69 Å². The smallest absolute Gasteiger partial charge is 0.276 e. The molecule has 1 amide bonds. The maximum absolute atomic E-state index is 12.8. The summed E-state index contributed by atoms with van der Waals surface area (Å²) in [4.78, 5) is 14.6. The minimum Gasteiger partial charge on any atom is -0.336 e. The standard InChI is InChI=1S/C17H21N5O.ClH/c1-11-2-6-14(7-3-11)22-16(12-4-5-12)15(19-20-22)17(23)21-9-8-13(18)10-21;/h2-3,6-7,12-13H,4-5,8-10,18H2,1H3;1H/t13-;/m0./s1. The molecule has 1 aromatic heterocycles. The zero-order valence-corrected chi connectivity index (χ0v) is 14.5. The number of carbonyl (C=O) groups excluding carboxylic acids is 1. The first-order chi connectivity index (χ1) is 11.1. The Hall–Kier alpha value is -1.92. The molecule has 2 aromatic rings. The van der Waals surface area contributed by atoms with Crippen molar-refractivity contribution in [2.75, 3.05) is 13.1 Å². The van der Waals surface area contributed by atoms with Gasteiger partial charge in [0.05, 0.1) is 11.4 Å². The second-order valence-electron chi connectivity index (χ2n) is 6.64. The molecule has 0 unspecified atom stereocenters. The Morgan fingerprint density at radius 1 is 1.21 bits per heavy atom. The Kier molecular flexibility index (Phi) is 4.60. The highest BCUT2D eigenvalue weighted by molar-refractivity contribution is 5.94. The SMILES string of the molecule is Cc1ccc(-n2nnc(C(=O)N3CC[C@H](N)C3)c2C2CC2)cc1.Cl. The zero-order valence-electron chi connectivity index (χ0n) is 13.7. The molecule has 1 saturated heterocycles. The van der Waals surface area contributed by atoms with Crippen LogP contribution in [0, 0.1) is 6.92 Å². The molecule has 7 heteroatoms. The van der Waals surface area contributed by atoms with E-state index in [-0.39, 0.29) is 24.4 Å². The van der Waals surface area contributed by atoms with Gasteiger partial charge >= 0.3 is 0 Å². The minimum atomic E-state index is -0.0294. The lowest BCUT2D eigenvalue weighted by Gasteiger charge is -2.15. The van der Waals surface area contributed by atoms with Crippen molar-refractivity contribution in [2.45, 2.75) is 38.1 Å². The largest absolute Gasteiger partial charge is 0.336 e. The van der Waals surface area contributed by atoms with E-state index in [1.165, 1.54) is 5.56 Å². The molecule has 1 aliphatic heterocycles. The molecule has 1 atom stereocenters. The highest BCUT2D eigenvalue weighted by atomic mass is 35.5. The number of nitrogens with zero attached hydrogens (tertiary/aromatic N) is 4. The number of hydrogen-bond donors (Lipinski definition) is 1. The molecule has 128 valence electrons. The second-order valence-corrected chi connectivity index (χ2v) is 6.64. The Bertz CT molecular complexity index is 738. The average molecular weight is 348 g/mol. The highest BCUT2D eigenvalue weighted by Crippen LogP contribution is 2.42. The van der Waals surface area contributed by atoms with Gasteiger partial charge in [0, 0.05) is 25.0 Å². The van der Waals surface area contributed by atoms with Gasteiger partial charge in [0.15, 0.2) is 5.69 Å². The van der Waals surface area contributed by atoms with Crippen LogP contribution in [0.25, 0.3) is 5.69 Å². The van der Waals surface area contributed by atoms with Crippen LogP contribution >= 0.6 is 12.4 Å². The van der Waals surface area contributed by atoms with Crippen molar-refractivity contribution < 1.29 is 4.79 Å². The summed E-state index contributed by atoms with van der Waals surface area (Å²) in [7, 11) is 0. The van der Waals surface area contributed by atoms with Crippen molar-refractivity contribution in [2.24, 2.45) is 5.73 Å². The van der Waals surface area contributed by atoms with Crippen LogP contribution in [0.15, 0.2) is 24.3 Å². The molecule has 6 nitrogen and oxygen atoms in total. The van der Waals surface area contributed by atoms with Gasteiger partial charge in [0.2, 0.25) is 0 Å². The van der Waals surface area contributed by atoms with Gasteiger partial charge in [0.25, 0.3) is 5.91 Å². The topological polar surface area (TPSA) is 77.0 Å². The summed E-state index contributed by atoms with van der Waals surface area (Å²) in [5.74, 6) is 0.361. The molecule has 1 aromatic carbocycles. The lowest BCUT2D eigenvalue weighted by atomic mass is 10.2. The number of benzene rings is 1. The molecule has 0 spiro atoms. The monoisotopic (exact) mass is 347 g/mol. The number of aromatic nitrogens is 3. The van der Waals surface area contributed by atoms with E-state index in [4.69, 9.17) is 5.73 Å². The molecule has 4 rings (SSSR count). The van der Waals surface area contributed by atoms with Gasteiger partial charge in [-0.3, -0.25) is 4.79 Å². The summed E-state index contributed by atoms with van der Waals surface area (Å²) in [5, 5.41) is 8.50. The molecule has 2 N–H and O–H groups in total. The van der Waals surface area contributed by atoms with E-state index in [1.54, 1.807) is 4.90 Å². The first kappa shape index (κ1) is 16.9. The third kappa shape index (κ3) is 3.03. The summed E-state index contributed by atoms with van der Waals surface area (Å²) >= 11 is 0. The summed E-state index contributed by atoms with van der Waals surface area (Å²) in [6.45, 7) is 3.38. The number of rotatable bonds is 3. The summed E-state index contributed by atoms with van der Waals surface area (Å²) in [5.41, 5.74) is 9.54. The number of carbonyl (C=O) groups is 1. The van der Waals surface area contributed by atoms with E-state index in [9.17, 15) is 4.79 Å². The molecule has 2 aliphatic rings. The van der Waals surface area contributed by atoms with Crippen LogP contribution in [0.4, 0.5) is 0 Å². The van der Waals surface area contributed by atoms with Crippen LogP contribution in [0.1, 0.15) is 46.9 Å². The zero-order chi connectivity index (χ0) is 16.0. The van der Waals surface area contributed by atoms with Crippen molar-refractivity contribution in [3.63, 3.8) is 0 Å². The van der Waals surface area contributed by atoms with Crippen LogP contribution < -0.4 is 5.73 Å². The number of aryl methyl sites for hydroxylation is 1. The molecule has 2 fully saturated rings. The van der Waals surface area contributed by atoms with E-state index in [1.807, 2.05) is 16.8 Å². The molecular weight excluding hydrogens is 326 g/mol. The van der Waals surface area contributed by atoms with Gasteiger partial charge in [0.1, 0.15) is 0 Å². The third-order valence-corrected chi connectivity index (χ3v) is 4.66. The minimum absolute atomic E-state index is 0. The van der Waals surface area contributed by atoms with E-state index in [0.717, 1.165) is 30.6 Å². The third-order valence-electron chi connectivity index (χ3n) is 4.66. The van der Waals surface area contributed by atoms with Crippen LogP contribution in [-0.2, 0) is 0 Å². The van der Waals surface area contributed by atoms with E-state index < -0.39 is 0 Å². The van der Waals surface area contributed by atoms with E-state index >= 15 is 0 Å². The quantitative estimate of drug-likeness (QED) is 0.921. The van der Waals surface area contributed by atoms with Crippen LogP contribution in [-0.4, -0.2) is 44.9 Å². The van der Waals surface area contributed by atoms with Gasteiger partial charge in [-0.25, -0.2) is 4.68 Å².